The van der Waals surface area contributed by atoms with Gasteiger partial charge in [0, 0.05) is 37.6 Å². The van der Waals surface area contributed by atoms with E-state index in [4.69, 9.17) is 0 Å². The number of nitrogens with zero attached hydrogens (tertiary/aromatic N) is 1. The molecule has 0 spiro atoms. The van der Waals surface area contributed by atoms with Crippen molar-refractivity contribution in [3.05, 3.63) is 42.0 Å². The van der Waals surface area contributed by atoms with Crippen molar-refractivity contribution < 1.29 is 5.11 Å². The Kier molecular flexibility index (Phi) is 4.65. The third-order valence-corrected chi connectivity index (χ3v) is 4.58. The molecule has 0 aromatic heterocycles. The maximum Gasteiger partial charge on any atom is 0.123 e. The summed E-state index contributed by atoms with van der Waals surface area (Å²) in [6.07, 6.45) is 1.15. The summed E-state index contributed by atoms with van der Waals surface area (Å²) >= 11 is 0. The van der Waals surface area contributed by atoms with Crippen LogP contribution in [0.15, 0.2) is 36.4 Å². The molecule has 0 saturated carbocycles. The first-order valence-electron chi connectivity index (χ1n) is 8.32. The first-order valence-corrected chi connectivity index (χ1v) is 8.32. The second-order valence-electron chi connectivity index (χ2n) is 6.65. The lowest BCUT2D eigenvalue weighted by Crippen LogP contribution is -2.45. The van der Waals surface area contributed by atoms with E-state index in [0.29, 0.717) is 17.7 Å². The van der Waals surface area contributed by atoms with Gasteiger partial charge < -0.3 is 10.4 Å². The summed E-state index contributed by atoms with van der Waals surface area (Å²) in [6.45, 7) is 8.88. The van der Waals surface area contributed by atoms with Crippen LogP contribution in [-0.2, 0) is 0 Å². The van der Waals surface area contributed by atoms with E-state index in [0.717, 1.165) is 38.0 Å². The second-order valence-corrected chi connectivity index (χ2v) is 6.65. The summed E-state index contributed by atoms with van der Waals surface area (Å²) in [7, 11) is 0. The predicted molar refractivity (Wildman–Crippen MR) is 92.3 cm³/mol. The number of fused-ring (bicyclic) bond motifs is 1. The van der Waals surface area contributed by atoms with Gasteiger partial charge in [0.15, 0.2) is 0 Å². The van der Waals surface area contributed by atoms with Crippen LogP contribution in [0.2, 0.25) is 0 Å². The van der Waals surface area contributed by atoms with Crippen LogP contribution in [0.4, 0.5) is 0 Å². The molecule has 0 radical (unpaired) electrons. The Labute approximate surface area is 132 Å². The summed E-state index contributed by atoms with van der Waals surface area (Å²) in [5.74, 6) is 1.02. The molecule has 2 aromatic rings. The van der Waals surface area contributed by atoms with Crippen LogP contribution >= 0.6 is 0 Å². The summed E-state index contributed by atoms with van der Waals surface area (Å²) in [6, 6.07) is 12.6. The standard InChI is InChI=1S/C19H26N2O/c1-14(2)13-18(21-11-9-20-10-12-21)16-7-8-19(22)17-6-4-3-5-15(16)17/h3-8,14,18,20,22H,9-13H2,1-2H3/t18-/m1/s1. The summed E-state index contributed by atoms with van der Waals surface area (Å²) in [4.78, 5) is 2.59. The number of nitrogens with one attached hydrogen (secondary N) is 1. The van der Waals surface area contributed by atoms with E-state index in [1.54, 1.807) is 0 Å². The third kappa shape index (κ3) is 3.11. The molecular weight excluding hydrogens is 272 g/mol. The maximum absolute atomic E-state index is 10.1. The first-order chi connectivity index (χ1) is 10.7. The van der Waals surface area contributed by atoms with Gasteiger partial charge in [-0.1, -0.05) is 44.2 Å². The van der Waals surface area contributed by atoms with Crippen LogP contribution in [0.1, 0.15) is 31.9 Å². The Morgan fingerprint density at radius 3 is 2.41 bits per heavy atom. The van der Waals surface area contributed by atoms with Crippen LogP contribution < -0.4 is 5.32 Å². The van der Waals surface area contributed by atoms with E-state index in [1.807, 2.05) is 18.2 Å². The Hall–Kier alpha value is -1.58. The Bertz CT molecular complexity index is 632. The highest BCUT2D eigenvalue weighted by Gasteiger charge is 2.24. The number of hydrogen-bond acceptors (Lipinski definition) is 3. The highest BCUT2D eigenvalue weighted by molar-refractivity contribution is 5.91. The zero-order valence-corrected chi connectivity index (χ0v) is 13.5. The van der Waals surface area contributed by atoms with E-state index in [9.17, 15) is 5.11 Å². The average Bonchev–Trinajstić information content (AvgIpc) is 2.54. The van der Waals surface area contributed by atoms with Crippen molar-refractivity contribution in [2.45, 2.75) is 26.3 Å². The van der Waals surface area contributed by atoms with Crippen molar-refractivity contribution in [2.24, 2.45) is 5.92 Å². The number of hydrogen-bond donors (Lipinski definition) is 2. The summed E-state index contributed by atoms with van der Waals surface area (Å²) < 4.78 is 0. The monoisotopic (exact) mass is 298 g/mol. The normalized spacial score (nSPS) is 18.0. The minimum atomic E-state index is 0.378. The molecule has 2 aromatic carbocycles. The third-order valence-electron chi connectivity index (χ3n) is 4.58. The quantitative estimate of drug-likeness (QED) is 0.906. The van der Waals surface area contributed by atoms with Crippen LogP contribution in [0.3, 0.4) is 0 Å². The van der Waals surface area contributed by atoms with Gasteiger partial charge in [0.2, 0.25) is 0 Å². The van der Waals surface area contributed by atoms with Crippen LogP contribution in [0.5, 0.6) is 5.75 Å². The Balaban J connectivity index is 2.05. The van der Waals surface area contributed by atoms with Crippen molar-refractivity contribution in [1.29, 1.82) is 0 Å². The summed E-state index contributed by atoms with van der Waals surface area (Å²) in [5.41, 5.74) is 1.35. The van der Waals surface area contributed by atoms with E-state index in [-0.39, 0.29) is 0 Å². The number of benzene rings is 2. The molecule has 1 saturated heterocycles. The number of phenolic OH excluding ortho intramolecular Hbond substituents is 1. The largest absolute Gasteiger partial charge is 0.507 e. The zero-order chi connectivity index (χ0) is 15.5. The van der Waals surface area contributed by atoms with Crippen molar-refractivity contribution >= 4 is 10.8 Å². The molecule has 1 aliphatic heterocycles. The van der Waals surface area contributed by atoms with Crippen molar-refractivity contribution in [1.82, 2.24) is 10.2 Å². The van der Waals surface area contributed by atoms with Gasteiger partial charge in [-0.2, -0.15) is 0 Å². The van der Waals surface area contributed by atoms with E-state index >= 15 is 0 Å². The van der Waals surface area contributed by atoms with Crippen molar-refractivity contribution in [3.8, 4) is 5.75 Å². The zero-order valence-electron chi connectivity index (χ0n) is 13.5. The van der Waals surface area contributed by atoms with Gasteiger partial charge >= 0.3 is 0 Å². The molecular formula is C19H26N2O. The van der Waals surface area contributed by atoms with Gasteiger partial charge in [-0.25, -0.2) is 0 Å². The summed E-state index contributed by atoms with van der Waals surface area (Å²) in [5, 5.41) is 15.7. The molecule has 1 heterocycles. The molecule has 22 heavy (non-hydrogen) atoms. The number of phenols is 1. The van der Waals surface area contributed by atoms with Gasteiger partial charge in [-0.3, -0.25) is 4.90 Å². The first kappa shape index (κ1) is 15.3. The van der Waals surface area contributed by atoms with Crippen LogP contribution in [0, 0.1) is 5.92 Å². The lowest BCUT2D eigenvalue weighted by molar-refractivity contribution is 0.155. The van der Waals surface area contributed by atoms with E-state index in [1.165, 1.54) is 10.9 Å². The average molecular weight is 298 g/mol. The van der Waals surface area contributed by atoms with Gasteiger partial charge in [0.1, 0.15) is 5.75 Å². The van der Waals surface area contributed by atoms with Gasteiger partial charge in [0.05, 0.1) is 0 Å². The Morgan fingerprint density at radius 2 is 1.73 bits per heavy atom. The minimum absolute atomic E-state index is 0.378. The van der Waals surface area contributed by atoms with E-state index < -0.39 is 0 Å². The van der Waals surface area contributed by atoms with Gasteiger partial charge in [0.25, 0.3) is 0 Å². The second kappa shape index (κ2) is 6.67. The minimum Gasteiger partial charge on any atom is -0.507 e. The molecule has 3 nitrogen and oxygen atoms in total. The van der Waals surface area contributed by atoms with E-state index in [2.05, 4.69) is 42.3 Å². The van der Waals surface area contributed by atoms with Crippen molar-refractivity contribution in [2.75, 3.05) is 26.2 Å². The molecule has 1 atom stereocenters. The smallest absolute Gasteiger partial charge is 0.123 e. The Morgan fingerprint density at radius 1 is 1.05 bits per heavy atom. The van der Waals surface area contributed by atoms with Crippen LogP contribution in [-0.4, -0.2) is 36.2 Å². The highest BCUT2D eigenvalue weighted by Crippen LogP contribution is 2.36. The molecule has 2 N–H and O–H groups in total. The topological polar surface area (TPSA) is 35.5 Å². The van der Waals surface area contributed by atoms with Crippen LogP contribution in [0.25, 0.3) is 10.8 Å². The predicted octanol–water partition coefficient (Wildman–Crippen LogP) is 3.54. The lowest BCUT2D eigenvalue weighted by Gasteiger charge is -2.36. The maximum atomic E-state index is 10.1. The fraction of sp³-hybridized carbons (Fsp3) is 0.474. The molecule has 0 unspecified atom stereocenters. The fourth-order valence-corrected chi connectivity index (χ4v) is 3.51. The van der Waals surface area contributed by atoms with Crippen molar-refractivity contribution in [3.63, 3.8) is 0 Å². The number of aromatic hydroxyl groups is 1. The molecule has 1 aliphatic rings. The molecule has 1 fully saturated rings. The lowest BCUT2D eigenvalue weighted by atomic mass is 9.91. The van der Waals surface area contributed by atoms with Gasteiger partial charge in [-0.05, 0) is 29.4 Å². The molecule has 0 bridgehead atoms. The SMILES string of the molecule is CC(C)C[C@H](c1ccc(O)c2ccccc12)N1CCNCC1. The molecule has 3 heteroatoms. The fourth-order valence-electron chi connectivity index (χ4n) is 3.51. The molecule has 0 aliphatic carbocycles. The number of rotatable bonds is 4. The molecule has 118 valence electrons. The molecule has 0 amide bonds. The van der Waals surface area contributed by atoms with Gasteiger partial charge in [-0.15, -0.1) is 0 Å². The number of piperazine rings is 1. The molecule has 3 rings (SSSR count). The highest BCUT2D eigenvalue weighted by atomic mass is 16.3.